The summed E-state index contributed by atoms with van der Waals surface area (Å²) in [6.45, 7) is 4.45. The van der Waals surface area contributed by atoms with E-state index >= 15 is 0 Å². The SMILES string of the molecule is C[C@@H]1C/C=C\[C@H](O)[C@@H]2CC[C@H]2CN2C[C@@]3(CCCc4cc(Cl)ccc43)COc3ccc(cc32)C(=O)NS(=O)(=O)N1C[C@@H]1CCCO1. The summed E-state index contributed by atoms with van der Waals surface area (Å²) in [6, 6.07) is 10.9. The third kappa shape index (κ3) is 6.19. The number of aliphatic hydroxyl groups is 1. The van der Waals surface area contributed by atoms with Crippen molar-refractivity contribution in [1.82, 2.24) is 9.03 Å². The van der Waals surface area contributed by atoms with Crippen LogP contribution in [0.15, 0.2) is 48.6 Å². The van der Waals surface area contributed by atoms with Crippen molar-refractivity contribution in [2.24, 2.45) is 11.8 Å². The molecule has 2 aliphatic carbocycles. The van der Waals surface area contributed by atoms with Crippen LogP contribution < -0.4 is 14.4 Å². The molecule has 9 nitrogen and oxygen atoms in total. The maximum atomic E-state index is 13.8. The van der Waals surface area contributed by atoms with Gasteiger partial charge in [-0.2, -0.15) is 12.7 Å². The highest BCUT2D eigenvalue weighted by Crippen LogP contribution is 2.46. The predicted octanol–water partition coefficient (Wildman–Crippen LogP) is 5.00. The van der Waals surface area contributed by atoms with Crippen molar-refractivity contribution >= 4 is 33.4 Å². The van der Waals surface area contributed by atoms with Crippen LogP contribution in [-0.4, -0.2) is 74.8 Å². The molecular weight excluding hydrogens is 626 g/mol. The minimum absolute atomic E-state index is 0.0960. The van der Waals surface area contributed by atoms with Crippen molar-refractivity contribution in [3.8, 4) is 5.75 Å². The zero-order valence-corrected chi connectivity index (χ0v) is 27.9. The first kappa shape index (κ1) is 31.9. The van der Waals surface area contributed by atoms with Gasteiger partial charge in [-0.1, -0.05) is 29.8 Å². The van der Waals surface area contributed by atoms with Gasteiger partial charge in [-0.15, -0.1) is 0 Å². The van der Waals surface area contributed by atoms with Crippen LogP contribution in [0, 0.1) is 11.8 Å². The van der Waals surface area contributed by atoms with Gasteiger partial charge in [-0.05, 0) is 112 Å². The summed E-state index contributed by atoms with van der Waals surface area (Å²) >= 11 is 6.41. The van der Waals surface area contributed by atoms with Gasteiger partial charge in [-0.3, -0.25) is 4.79 Å². The molecule has 0 unspecified atom stereocenters. The number of nitrogens with zero attached hydrogens (tertiary/aromatic N) is 2. The number of aryl methyl sites for hydroxylation is 1. The smallest absolute Gasteiger partial charge is 0.304 e. The van der Waals surface area contributed by atoms with E-state index in [1.165, 1.54) is 15.4 Å². The second kappa shape index (κ2) is 12.8. The molecule has 3 aliphatic heterocycles. The Balaban J connectivity index is 1.27. The molecule has 2 fully saturated rings. The van der Waals surface area contributed by atoms with Crippen LogP contribution in [-0.2, 0) is 26.8 Å². The first-order valence-corrected chi connectivity index (χ1v) is 18.5. The number of fused-ring (bicyclic) bond motifs is 4. The molecule has 3 heterocycles. The molecule has 2 aromatic carbocycles. The van der Waals surface area contributed by atoms with E-state index in [4.69, 9.17) is 21.1 Å². The first-order chi connectivity index (χ1) is 22.1. The van der Waals surface area contributed by atoms with E-state index in [1.807, 2.05) is 25.1 Å². The molecule has 1 saturated heterocycles. The number of carbonyl (C=O) groups excluding carboxylic acids is 1. The van der Waals surface area contributed by atoms with E-state index in [1.54, 1.807) is 18.2 Å². The number of halogens is 1. The Morgan fingerprint density at radius 1 is 1.13 bits per heavy atom. The monoisotopic (exact) mass is 669 g/mol. The molecule has 6 atom stereocenters. The lowest BCUT2D eigenvalue weighted by molar-refractivity contribution is 0.0455. The maximum Gasteiger partial charge on any atom is 0.304 e. The van der Waals surface area contributed by atoms with Gasteiger partial charge in [0.1, 0.15) is 5.75 Å². The molecule has 1 saturated carbocycles. The summed E-state index contributed by atoms with van der Waals surface area (Å²) in [7, 11) is -4.21. The minimum Gasteiger partial charge on any atom is -0.490 e. The average Bonchev–Trinajstić information content (AvgIpc) is 3.47. The fourth-order valence-electron chi connectivity index (χ4n) is 8.22. The Bertz CT molecular complexity index is 1610. The molecule has 2 N–H and O–H groups in total. The largest absolute Gasteiger partial charge is 0.490 e. The summed E-state index contributed by atoms with van der Waals surface area (Å²) in [5.74, 6) is 0.348. The molecule has 1 amide bonds. The zero-order chi connectivity index (χ0) is 32.1. The molecular formula is C35H44ClN3O6S. The standard InChI is InChI=1S/C35H44ClN3O6S/c1-23-5-2-8-32(40)29-12-9-26(29)19-38-21-35(15-3-6-24-17-27(36)11-13-30(24)35)22-45-33-14-10-25(18-31(33)38)34(41)37-46(42,43)39(23)20-28-7-4-16-44-28/h2,8,10-11,13-14,17-18,23,26,28-29,32,40H,3-7,9,12,15-16,19-22H2,1H3,(H,37,41)/b8-2-/t23-,26+,28+,29-,32+,35+/m1/s1. The molecule has 2 bridgehead atoms. The normalized spacial score (nSPS) is 33.6. The van der Waals surface area contributed by atoms with Crippen molar-refractivity contribution in [3.05, 3.63) is 70.3 Å². The summed E-state index contributed by atoms with van der Waals surface area (Å²) in [4.78, 5) is 16.0. The number of carbonyl (C=O) groups is 1. The number of benzene rings is 2. The highest BCUT2D eigenvalue weighted by atomic mass is 35.5. The van der Waals surface area contributed by atoms with Gasteiger partial charge in [0.25, 0.3) is 5.91 Å². The van der Waals surface area contributed by atoms with E-state index in [9.17, 15) is 18.3 Å². The number of hydrogen-bond acceptors (Lipinski definition) is 7. The van der Waals surface area contributed by atoms with E-state index < -0.39 is 28.3 Å². The number of rotatable bonds is 2. The third-order valence-corrected chi connectivity index (χ3v) is 12.7. The second-order valence-electron chi connectivity index (χ2n) is 13.9. The fourth-order valence-corrected chi connectivity index (χ4v) is 9.81. The third-order valence-electron chi connectivity index (χ3n) is 10.9. The van der Waals surface area contributed by atoms with Crippen molar-refractivity contribution < 1.29 is 27.8 Å². The van der Waals surface area contributed by atoms with Crippen LogP contribution in [0.3, 0.4) is 0 Å². The van der Waals surface area contributed by atoms with Crippen LogP contribution in [0.2, 0.25) is 5.02 Å². The number of hydrogen-bond donors (Lipinski definition) is 2. The highest BCUT2D eigenvalue weighted by Gasteiger charge is 2.44. The van der Waals surface area contributed by atoms with Crippen LogP contribution in [0.4, 0.5) is 5.69 Å². The number of aliphatic hydroxyl groups excluding tert-OH is 1. The van der Waals surface area contributed by atoms with Crippen LogP contribution in [0.25, 0.3) is 0 Å². The molecule has 0 radical (unpaired) electrons. The number of amides is 1. The van der Waals surface area contributed by atoms with Gasteiger partial charge >= 0.3 is 10.2 Å². The fraction of sp³-hybridized carbons (Fsp3) is 0.571. The Morgan fingerprint density at radius 3 is 2.78 bits per heavy atom. The van der Waals surface area contributed by atoms with E-state index in [-0.39, 0.29) is 35.5 Å². The number of ether oxygens (including phenoxy) is 2. The van der Waals surface area contributed by atoms with Gasteiger partial charge in [0.05, 0.1) is 24.5 Å². The van der Waals surface area contributed by atoms with Crippen molar-refractivity contribution in [3.63, 3.8) is 0 Å². The predicted molar refractivity (Wildman–Crippen MR) is 178 cm³/mol. The van der Waals surface area contributed by atoms with Crippen LogP contribution >= 0.6 is 11.6 Å². The van der Waals surface area contributed by atoms with Crippen molar-refractivity contribution in [2.45, 2.75) is 82.0 Å². The van der Waals surface area contributed by atoms with E-state index in [0.29, 0.717) is 38.5 Å². The Kier molecular flexibility index (Phi) is 8.86. The topological polar surface area (TPSA) is 108 Å². The summed E-state index contributed by atoms with van der Waals surface area (Å²) in [5.41, 5.74) is 3.25. The first-order valence-electron chi connectivity index (χ1n) is 16.7. The maximum absolute atomic E-state index is 13.8. The summed E-state index contributed by atoms with van der Waals surface area (Å²) in [5, 5.41) is 12.0. The molecule has 11 heteroatoms. The number of nitrogens with one attached hydrogen (secondary N) is 1. The van der Waals surface area contributed by atoms with Crippen LogP contribution in [0.1, 0.15) is 73.4 Å². The summed E-state index contributed by atoms with van der Waals surface area (Å²) < 4.78 is 43.6. The molecule has 0 aromatic heterocycles. The molecule has 7 rings (SSSR count). The van der Waals surface area contributed by atoms with Gasteiger partial charge < -0.3 is 19.5 Å². The zero-order valence-electron chi connectivity index (χ0n) is 26.4. The Labute approximate surface area is 277 Å². The Hall–Kier alpha value is -2.63. The van der Waals surface area contributed by atoms with Gasteiger partial charge in [-0.25, -0.2) is 4.72 Å². The molecule has 2 aromatic rings. The van der Waals surface area contributed by atoms with Gasteiger partial charge in [0.15, 0.2) is 0 Å². The average molecular weight is 670 g/mol. The van der Waals surface area contributed by atoms with E-state index in [2.05, 4.69) is 21.8 Å². The molecule has 5 aliphatic rings. The summed E-state index contributed by atoms with van der Waals surface area (Å²) in [6.07, 6.45) is 9.79. The van der Waals surface area contributed by atoms with Gasteiger partial charge in [0.2, 0.25) is 0 Å². The van der Waals surface area contributed by atoms with Gasteiger partial charge in [0, 0.05) is 48.3 Å². The van der Waals surface area contributed by atoms with Crippen LogP contribution in [0.5, 0.6) is 5.75 Å². The molecule has 248 valence electrons. The minimum atomic E-state index is -4.21. The number of anilines is 1. The quantitative estimate of drug-likeness (QED) is 0.433. The van der Waals surface area contributed by atoms with Crippen molar-refractivity contribution in [1.29, 1.82) is 0 Å². The lowest BCUT2D eigenvalue weighted by atomic mass is 9.68. The lowest BCUT2D eigenvalue weighted by Crippen LogP contribution is -2.50. The second-order valence-corrected chi connectivity index (χ2v) is 16.0. The van der Waals surface area contributed by atoms with Crippen molar-refractivity contribution in [2.75, 3.05) is 37.7 Å². The lowest BCUT2D eigenvalue weighted by Gasteiger charge is -2.45. The molecule has 46 heavy (non-hydrogen) atoms. The molecule has 1 spiro atoms. The highest BCUT2D eigenvalue weighted by molar-refractivity contribution is 7.87. The Morgan fingerprint density at radius 2 is 2.00 bits per heavy atom. The van der Waals surface area contributed by atoms with E-state index in [0.717, 1.165) is 55.7 Å².